The Bertz CT molecular complexity index is 292. The summed E-state index contributed by atoms with van der Waals surface area (Å²) in [6, 6.07) is 0. The minimum atomic E-state index is -0.920. The third-order valence-corrected chi connectivity index (χ3v) is 1.93. The van der Waals surface area contributed by atoms with E-state index in [1.165, 1.54) is 0 Å². The SMILES string of the molecule is CC(C)(CO)c1c(F)cncc1F. The van der Waals surface area contributed by atoms with E-state index in [9.17, 15) is 8.78 Å². The molecule has 1 aromatic heterocycles. The van der Waals surface area contributed by atoms with Gasteiger partial charge in [-0.3, -0.25) is 4.98 Å². The van der Waals surface area contributed by atoms with Gasteiger partial charge in [-0.2, -0.15) is 0 Å². The first-order valence-corrected chi connectivity index (χ1v) is 3.89. The van der Waals surface area contributed by atoms with Crippen molar-refractivity contribution in [3.05, 3.63) is 29.6 Å². The predicted octanol–water partition coefficient (Wildman–Crippen LogP) is 1.63. The lowest BCUT2D eigenvalue weighted by atomic mass is 9.85. The van der Waals surface area contributed by atoms with Gasteiger partial charge in [0.15, 0.2) is 0 Å². The first-order valence-electron chi connectivity index (χ1n) is 3.89. The van der Waals surface area contributed by atoms with Crippen molar-refractivity contribution in [2.75, 3.05) is 6.61 Å². The number of hydrogen-bond acceptors (Lipinski definition) is 2. The highest BCUT2D eigenvalue weighted by atomic mass is 19.1. The molecule has 0 spiro atoms. The van der Waals surface area contributed by atoms with Crippen molar-refractivity contribution >= 4 is 0 Å². The summed E-state index contributed by atoms with van der Waals surface area (Å²) in [5, 5.41) is 8.94. The Morgan fingerprint density at radius 3 is 2.15 bits per heavy atom. The summed E-state index contributed by atoms with van der Waals surface area (Å²) >= 11 is 0. The van der Waals surface area contributed by atoms with Crippen LogP contribution < -0.4 is 0 Å². The minimum Gasteiger partial charge on any atom is -0.395 e. The largest absolute Gasteiger partial charge is 0.395 e. The van der Waals surface area contributed by atoms with Crippen LogP contribution in [-0.4, -0.2) is 16.7 Å². The van der Waals surface area contributed by atoms with Crippen LogP contribution in [0.5, 0.6) is 0 Å². The number of aliphatic hydroxyl groups excluding tert-OH is 1. The molecular formula is C9H11F2NO. The zero-order valence-electron chi connectivity index (χ0n) is 7.51. The second-order valence-electron chi connectivity index (χ2n) is 3.52. The van der Waals surface area contributed by atoms with Crippen molar-refractivity contribution < 1.29 is 13.9 Å². The Kier molecular flexibility index (Phi) is 2.61. The van der Waals surface area contributed by atoms with Gasteiger partial charge in [0, 0.05) is 11.0 Å². The van der Waals surface area contributed by atoms with E-state index in [-0.39, 0.29) is 12.2 Å². The minimum absolute atomic E-state index is 0.120. The summed E-state index contributed by atoms with van der Waals surface area (Å²) in [5.74, 6) is -1.45. The van der Waals surface area contributed by atoms with Gasteiger partial charge in [-0.1, -0.05) is 13.8 Å². The summed E-state index contributed by atoms with van der Waals surface area (Å²) in [4.78, 5) is 3.36. The predicted molar refractivity (Wildman–Crippen MR) is 44.3 cm³/mol. The van der Waals surface area contributed by atoms with Gasteiger partial charge in [-0.05, 0) is 0 Å². The molecule has 1 rings (SSSR count). The van der Waals surface area contributed by atoms with Crippen LogP contribution in [0.15, 0.2) is 12.4 Å². The van der Waals surface area contributed by atoms with E-state index in [0.717, 1.165) is 12.4 Å². The molecule has 0 unspecified atom stereocenters. The quantitative estimate of drug-likeness (QED) is 0.763. The Labute approximate surface area is 75.2 Å². The molecule has 0 bridgehead atoms. The zero-order chi connectivity index (χ0) is 10.1. The fourth-order valence-corrected chi connectivity index (χ4v) is 1.14. The molecule has 1 aromatic rings. The maximum Gasteiger partial charge on any atom is 0.148 e. The highest BCUT2D eigenvalue weighted by Gasteiger charge is 2.27. The maximum absolute atomic E-state index is 13.1. The lowest BCUT2D eigenvalue weighted by Gasteiger charge is -2.22. The fraction of sp³-hybridized carbons (Fsp3) is 0.444. The maximum atomic E-state index is 13.1. The van der Waals surface area contributed by atoms with Crippen molar-refractivity contribution in [2.45, 2.75) is 19.3 Å². The molecule has 0 aromatic carbocycles. The monoisotopic (exact) mass is 187 g/mol. The van der Waals surface area contributed by atoms with Crippen LogP contribution in [0, 0.1) is 11.6 Å². The molecule has 13 heavy (non-hydrogen) atoms. The number of pyridine rings is 1. The molecule has 72 valence electrons. The van der Waals surface area contributed by atoms with E-state index in [1.54, 1.807) is 13.8 Å². The molecule has 1 heterocycles. The second kappa shape index (κ2) is 3.38. The molecule has 2 nitrogen and oxygen atoms in total. The summed E-state index contributed by atoms with van der Waals surface area (Å²) < 4.78 is 26.2. The summed E-state index contributed by atoms with van der Waals surface area (Å²) in [6.07, 6.45) is 1.88. The van der Waals surface area contributed by atoms with Crippen LogP contribution in [0.3, 0.4) is 0 Å². The zero-order valence-corrected chi connectivity index (χ0v) is 7.51. The van der Waals surface area contributed by atoms with Gasteiger partial charge in [0.05, 0.1) is 19.0 Å². The Hall–Kier alpha value is -1.03. The van der Waals surface area contributed by atoms with Gasteiger partial charge in [0.2, 0.25) is 0 Å². The van der Waals surface area contributed by atoms with Crippen molar-refractivity contribution in [2.24, 2.45) is 0 Å². The molecule has 0 saturated heterocycles. The van der Waals surface area contributed by atoms with Crippen LogP contribution in [-0.2, 0) is 5.41 Å². The van der Waals surface area contributed by atoms with Crippen LogP contribution in [0.4, 0.5) is 8.78 Å². The lowest BCUT2D eigenvalue weighted by Crippen LogP contribution is -2.25. The van der Waals surface area contributed by atoms with Crippen molar-refractivity contribution in [1.82, 2.24) is 4.98 Å². The van der Waals surface area contributed by atoms with Gasteiger partial charge in [-0.15, -0.1) is 0 Å². The molecule has 0 fully saturated rings. The highest BCUT2D eigenvalue weighted by molar-refractivity contribution is 5.24. The standard InChI is InChI=1S/C9H11F2NO/c1-9(2,5-13)8-6(10)3-12-4-7(8)11/h3-4,13H,5H2,1-2H3. The molecular weight excluding hydrogens is 176 g/mol. The fourth-order valence-electron chi connectivity index (χ4n) is 1.14. The molecule has 1 N–H and O–H groups in total. The number of rotatable bonds is 2. The van der Waals surface area contributed by atoms with Crippen molar-refractivity contribution in [3.8, 4) is 0 Å². The second-order valence-corrected chi connectivity index (χ2v) is 3.52. The average molecular weight is 187 g/mol. The van der Waals surface area contributed by atoms with E-state index < -0.39 is 17.0 Å². The number of nitrogens with zero attached hydrogens (tertiary/aromatic N) is 1. The first-order chi connectivity index (χ1) is 5.99. The summed E-state index contributed by atoms with van der Waals surface area (Å²) in [7, 11) is 0. The van der Waals surface area contributed by atoms with E-state index in [1.807, 2.05) is 0 Å². The smallest absolute Gasteiger partial charge is 0.148 e. The van der Waals surface area contributed by atoms with Crippen LogP contribution >= 0.6 is 0 Å². The topological polar surface area (TPSA) is 33.1 Å². The summed E-state index contributed by atoms with van der Waals surface area (Å²) in [6.45, 7) is 2.81. The van der Waals surface area contributed by atoms with Crippen LogP contribution in [0.2, 0.25) is 0 Å². The third-order valence-electron chi connectivity index (χ3n) is 1.93. The number of hydrogen-bond donors (Lipinski definition) is 1. The third kappa shape index (κ3) is 1.83. The molecule has 0 saturated carbocycles. The molecule has 0 amide bonds. The van der Waals surface area contributed by atoms with Gasteiger partial charge in [0.25, 0.3) is 0 Å². The number of halogens is 2. The Morgan fingerprint density at radius 2 is 1.77 bits per heavy atom. The molecule has 0 radical (unpaired) electrons. The van der Waals surface area contributed by atoms with Gasteiger partial charge < -0.3 is 5.11 Å². The van der Waals surface area contributed by atoms with Crippen molar-refractivity contribution in [3.63, 3.8) is 0 Å². The first kappa shape index (κ1) is 10.1. The van der Waals surface area contributed by atoms with Gasteiger partial charge >= 0.3 is 0 Å². The number of aromatic nitrogens is 1. The van der Waals surface area contributed by atoms with E-state index in [4.69, 9.17) is 5.11 Å². The van der Waals surface area contributed by atoms with Crippen LogP contribution in [0.1, 0.15) is 19.4 Å². The van der Waals surface area contributed by atoms with E-state index >= 15 is 0 Å². The Morgan fingerprint density at radius 1 is 1.31 bits per heavy atom. The molecule has 4 heteroatoms. The van der Waals surface area contributed by atoms with Gasteiger partial charge in [-0.25, -0.2) is 8.78 Å². The molecule has 0 aliphatic rings. The normalized spacial score (nSPS) is 11.8. The summed E-state index contributed by atoms with van der Waals surface area (Å²) in [5.41, 5.74) is -1.04. The average Bonchev–Trinajstić information content (AvgIpc) is 2.03. The Balaban J connectivity index is 3.28. The lowest BCUT2D eigenvalue weighted by molar-refractivity contribution is 0.210. The number of aliphatic hydroxyl groups is 1. The molecule has 0 aliphatic carbocycles. The highest BCUT2D eigenvalue weighted by Crippen LogP contribution is 2.26. The van der Waals surface area contributed by atoms with Gasteiger partial charge in [0.1, 0.15) is 11.6 Å². The molecule has 0 aliphatic heterocycles. The van der Waals surface area contributed by atoms with E-state index in [2.05, 4.69) is 4.98 Å². The van der Waals surface area contributed by atoms with Crippen molar-refractivity contribution in [1.29, 1.82) is 0 Å². The molecule has 0 atom stereocenters. The van der Waals surface area contributed by atoms with E-state index in [0.29, 0.717) is 0 Å². The van der Waals surface area contributed by atoms with Crippen LogP contribution in [0.25, 0.3) is 0 Å².